The van der Waals surface area contributed by atoms with E-state index in [1.54, 1.807) is 0 Å². The number of hydrogen-bond donors (Lipinski definition) is 0. The summed E-state index contributed by atoms with van der Waals surface area (Å²) < 4.78 is 0. The highest BCUT2D eigenvalue weighted by atomic mass is 15.2. The first-order valence-electron chi connectivity index (χ1n) is 5.47. The highest BCUT2D eigenvalue weighted by Gasteiger charge is 2.24. The number of likely N-dealkylation sites (tertiary alicyclic amines) is 1. The summed E-state index contributed by atoms with van der Waals surface area (Å²) in [6, 6.07) is 2.89. The van der Waals surface area contributed by atoms with Gasteiger partial charge in [0, 0.05) is 18.4 Å². The third kappa shape index (κ3) is 1.80. The topological polar surface area (TPSA) is 16.1 Å². The van der Waals surface area contributed by atoms with Crippen molar-refractivity contribution in [2.75, 3.05) is 13.1 Å². The minimum absolute atomic E-state index is 0.618. The number of aromatic nitrogens is 1. The molecule has 2 rings (SSSR count). The van der Waals surface area contributed by atoms with E-state index in [1.807, 2.05) is 12.4 Å². The molecule has 0 aromatic carbocycles. The Morgan fingerprint density at radius 3 is 3.07 bits per heavy atom. The summed E-state index contributed by atoms with van der Waals surface area (Å²) in [6.45, 7) is 6.75. The number of nitrogens with zero attached hydrogens (tertiary/aromatic N) is 2. The smallest absolute Gasteiger partial charge is 0.0363 e. The monoisotopic (exact) mass is 190 g/mol. The summed E-state index contributed by atoms with van der Waals surface area (Å²) in [7, 11) is 0. The molecule has 76 valence electrons. The van der Waals surface area contributed by atoms with Gasteiger partial charge in [0.1, 0.15) is 0 Å². The largest absolute Gasteiger partial charge is 0.297 e. The number of rotatable bonds is 2. The zero-order valence-corrected chi connectivity index (χ0v) is 9.03. The van der Waals surface area contributed by atoms with Crippen LogP contribution in [0.1, 0.15) is 36.9 Å². The molecule has 1 aromatic heterocycles. The summed E-state index contributed by atoms with van der Waals surface area (Å²) in [5, 5.41) is 0. The molecule has 0 N–H and O–H groups in total. The average Bonchev–Trinajstić information content (AvgIpc) is 2.65. The van der Waals surface area contributed by atoms with Crippen LogP contribution in [-0.4, -0.2) is 23.0 Å². The minimum atomic E-state index is 0.618. The Morgan fingerprint density at radius 1 is 1.50 bits per heavy atom. The molecule has 2 nitrogen and oxygen atoms in total. The first-order valence-corrected chi connectivity index (χ1v) is 5.47. The van der Waals surface area contributed by atoms with Crippen LogP contribution in [0.3, 0.4) is 0 Å². The van der Waals surface area contributed by atoms with Gasteiger partial charge in [-0.25, -0.2) is 0 Å². The maximum Gasteiger partial charge on any atom is 0.0363 e. The van der Waals surface area contributed by atoms with E-state index in [0.717, 1.165) is 6.54 Å². The van der Waals surface area contributed by atoms with Gasteiger partial charge in [-0.05, 0) is 44.0 Å². The average molecular weight is 190 g/mol. The fraction of sp³-hybridized carbons (Fsp3) is 0.583. The summed E-state index contributed by atoms with van der Waals surface area (Å²) in [4.78, 5) is 6.81. The third-order valence-corrected chi connectivity index (χ3v) is 3.05. The molecule has 1 saturated heterocycles. The van der Waals surface area contributed by atoms with Gasteiger partial charge in [0.15, 0.2) is 0 Å². The lowest BCUT2D eigenvalue weighted by atomic mass is 10.1. The van der Waals surface area contributed by atoms with Gasteiger partial charge in [-0.15, -0.1) is 0 Å². The lowest BCUT2D eigenvalue weighted by Crippen LogP contribution is -2.22. The maximum absolute atomic E-state index is 4.27. The van der Waals surface area contributed by atoms with Gasteiger partial charge < -0.3 is 0 Å². The van der Waals surface area contributed by atoms with Crippen LogP contribution in [0.15, 0.2) is 18.5 Å². The second kappa shape index (κ2) is 4.09. The predicted molar refractivity (Wildman–Crippen MR) is 58.2 cm³/mol. The molecule has 1 atom stereocenters. The number of pyridine rings is 1. The number of aryl methyl sites for hydroxylation is 1. The van der Waals surface area contributed by atoms with Crippen LogP contribution in [-0.2, 0) is 0 Å². The van der Waals surface area contributed by atoms with Crippen molar-refractivity contribution in [1.82, 2.24) is 9.88 Å². The van der Waals surface area contributed by atoms with Crippen LogP contribution in [0.25, 0.3) is 0 Å². The Bertz CT molecular complexity index is 309. The Labute approximate surface area is 86.0 Å². The van der Waals surface area contributed by atoms with Crippen molar-refractivity contribution in [3.05, 3.63) is 29.6 Å². The zero-order valence-electron chi connectivity index (χ0n) is 9.03. The lowest BCUT2D eigenvalue weighted by molar-refractivity contribution is 0.271. The van der Waals surface area contributed by atoms with Crippen LogP contribution in [0.5, 0.6) is 0 Å². The molecule has 0 amide bonds. The summed E-state index contributed by atoms with van der Waals surface area (Å²) in [5.74, 6) is 0. The van der Waals surface area contributed by atoms with E-state index in [-0.39, 0.29) is 0 Å². The van der Waals surface area contributed by atoms with Crippen LogP contribution in [0, 0.1) is 6.92 Å². The van der Waals surface area contributed by atoms with E-state index in [9.17, 15) is 0 Å². The van der Waals surface area contributed by atoms with Gasteiger partial charge in [0.05, 0.1) is 0 Å². The van der Waals surface area contributed by atoms with Crippen molar-refractivity contribution >= 4 is 0 Å². The molecule has 0 bridgehead atoms. The SMILES string of the molecule is CCN1CCC[C@H]1c1cncc(C)c1. The minimum Gasteiger partial charge on any atom is -0.297 e. The van der Waals surface area contributed by atoms with Crippen LogP contribution < -0.4 is 0 Å². The summed E-state index contributed by atoms with van der Waals surface area (Å²) in [5.41, 5.74) is 2.66. The van der Waals surface area contributed by atoms with Gasteiger partial charge in [0.25, 0.3) is 0 Å². The molecule has 1 aliphatic rings. The summed E-state index contributed by atoms with van der Waals surface area (Å²) >= 11 is 0. The van der Waals surface area contributed by atoms with Gasteiger partial charge in [0.2, 0.25) is 0 Å². The Hall–Kier alpha value is -0.890. The molecule has 0 unspecified atom stereocenters. The fourth-order valence-electron chi connectivity index (χ4n) is 2.34. The normalized spacial score (nSPS) is 22.9. The van der Waals surface area contributed by atoms with Crippen molar-refractivity contribution in [2.45, 2.75) is 32.7 Å². The Kier molecular flexibility index (Phi) is 2.82. The second-order valence-electron chi connectivity index (χ2n) is 4.08. The van der Waals surface area contributed by atoms with E-state index < -0.39 is 0 Å². The summed E-state index contributed by atoms with van der Waals surface area (Å²) in [6.07, 6.45) is 6.56. The highest BCUT2D eigenvalue weighted by molar-refractivity contribution is 5.21. The molecule has 1 fully saturated rings. The van der Waals surface area contributed by atoms with Gasteiger partial charge in [-0.2, -0.15) is 0 Å². The van der Waals surface area contributed by atoms with Crippen LogP contribution in [0.4, 0.5) is 0 Å². The lowest BCUT2D eigenvalue weighted by Gasteiger charge is -2.22. The molecule has 0 spiro atoms. The molecule has 2 heterocycles. The van der Waals surface area contributed by atoms with Gasteiger partial charge in [-0.1, -0.05) is 13.0 Å². The Balaban J connectivity index is 2.21. The fourth-order valence-corrected chi connectivity index (χ4v) is 2.34. The first kappa shape index (κ1) is 9.66. The van der Waals surface area contributed by atoms with Gasteiger partial charge >= 0.3 is 0 Å². The van der Waals surface area contributed by atoms with Crippen molar-refractivity contribution < 1.29 is 0 Å². The molecule has 0 radical (unpaired) electrons. The van der Waals surface area contributed by atoms with Crippen molar-refractivity contribution in [3.63, 3.8) is 0 Å². The predicted octanol–water partition coefficient (Wildman–Crippen LogP) is 2.55. The molecule has 0 saturated carbocycles. The van der Waals surface area contributed by atoms with Crippen LogP contribution in [0.2, 0.25) is 0 Å². The maximum atomic E-state index is 4.27. The molecule has 1 aliphatic heterocycles. The second-order valence-corrected chi connectivity index (χ2v) is 4.08. The van der Waals surface area contributed by atoms with E-state index in [2.05, 4.69) is 29.8 Å². The van der Waals surface area contributed by atoms with Crippen molar-refractivity contribution in [2.24, 2.45) is 0 Å². The molecule has 14 heavy (non-hydrogen) atoms. The van der Waals surface area contributed by atoms with E-state index in [1.165, 1.54) is 30.5 Å². The van der Waals surface area contributed by atoms with E-state index in [4.69, 9.17) is 0 Å². The molecule has 0 aliphatic carbocycles. The number of hydrogen-bond acceptors (Lipinski definition) is 2. The van der Waals surface area contributed by atoms with Crippen molar-refractivity contribution in [1.29, 1.82) is 0 Å². The molecular formula is C12H18N2. The van der Waals surface area contributed by atoms with Crippen LogP contribution >= 0.6 is 0 Å². The molecule has 2 heteroatoms. The Morgan fingerprint density at radius 2 is 2.36 bits per heavy atom. The molecule has 1 aromatic rings. The molecular weight excluding hydrogens is 172 g/mol. The van der Waals surface area contributed by atoms with Crippen molar-refractivity contribution in [3.8, 4) is 0 Å². The zero-order chi connectivity index (χ0) is 9.97. The standard InChI is InChI=1S/C12H18N2/c1-3-14-6-4-5-12(14)11-7-10(2)8-13-9-11/h7-9,12H,3-6H2,1-2H3/t12-/m0/s1. The van der Waals surface area contributed by atoms with E-state index in [0.29, 0.717) is 6.04 Å². The third-order valence-electron chi connectivity index (χ3n) is 3.05. The highest BCUT2D eigenvalue weighted by Crippen LogP contribution is 2.31. The first-order chi connectivity index (χ1) is 6.81. The van der Waals surface area contributed by atoms with E-state index >= 15 is 0 Å². The quantitative estimate of drug-likeness (QED) is 0.712. The van der Waals surface area contributed by atoms with Gasteiger partial charge in [-0.3, -0.25) is 9.88 Å².